The molecule has 0 saturated heterocycles. The Hall–Kier alpha value is -1.59. The lowest BCUT2D eigenvalue weighted by atomic mass is 10.2. The zero-order valence-corrected chi connectivity index (χ0v) is 11.9. The average Bonchev–Trinajstić information content (AvgIpc) is 2.75. The van der Waals surface area contributed by atoms with Gasteiger partial charge in [-0.1, -0.05) is 12.1 Å². The smallest absolute Gasteiger partial charge is 0.175 e. The van der Waals surface area contributed by atoms with Crippen LogP contribution in [0.3, 0.4) is 0 Å². The molecule has 0 bridgehead atoms. The molecule has 0 unspecified atom stereocenters. The second kappa shape index (κ2) is 5.59. The highest BCUT2D eigenvalue weighted by molar-refractivity contribution is 7.90. The highest BCUT2D eigenvalue weighted by Crippen LogP contribution is 2.10. The van der Waals surface area contributed by atoms with Crippen LogP contribution in [0.5, 0.6) is 0 Å². The summed E-state index contributed by atoms with van der Waals surface area (Å²) >= 11 is 0. The number of hydrogen-bond donors (Lipinski definition) is 1. The first-order valence-electron chi connectivity index (χ1n) is 6.06. The molecule has 102 valence electrons. The summed E-state index contributed by atoms with van der Waals surface area (Å²) in [5, 5.41) is 3.33. The average molecular weight is 278 g/mol. The van der Waals surface area contributed by atoms with Crippen LogP contribution in [0.1, 0.15) is 11.1 Å². The molecule has 1 aromatic carbocycles. The second-order valence-electron chi connectivity index (χ2n) is 4.70. The molecule has 19 heavy (non-hydrogen) atoms. The van der Waals surface area contributed by atoms with Gasteiger partial charge in [-0.2, -0.15) is 0 Å². The fourth-order valence-electron chi connectivity index (χ4n) is 1.87. The summed E-state index contributed by atoms with van der Waals surface area (Å²) in [5.41, 5.74) is 2.30. The van der Waals surface area contributed by atoms with Crippen molar-refractivity contribution in [3.63, 3.8) is 0 Å². The number of hydrogen-bond acceptors (Lipinski definition) is 3. The molecule has 0 spiro atoms. The maximum atomic E-state index is 11.3. The molecule has 0 saturated carbocycles. The van der Waals surface area contributed by atoms with Crippen molar-refractivity contribution in [2.75, 3.05) is 6.26 Å². The fraction of sp³-hybridized carbons (Fsp3) is 0.286. The highest BCUT2D eigenvalue weighted by Gasteiger charge is 2.05. The van der Waals surface area contributed by atoms with Gasteiger partial charge < -0.3 is 9.88 Å². The molecule has 1 aromatic heterocycles. The Balaban J connectivity index is 1.90. The maximum Gasteiger partial charge on any atom is 0.175 e. The van der Waals surface area contributed by atoms with Gasteiger partial charge in [0.2, 0.25) is 0 Å². The first-order chi connectivity index (χ1) is 8.95. The molecule has 1 N–H and O–H groups in total. The van der Waals surface area contributed by atoms with E-state index in [0.717, 1.165) is 18.7 Å². The minimum absolute atomic E-state index is 0.360. The van der Waals surface area contributed by atoms with E-state index in [9.17, 15) is 8.42 Å². The van der Waals surface area contributed by atoms with Gasteiger partial charge in [-0.15, -0.1) is 0 Å². The molecular weight excluding hydrogens is 260 g/mol. The minimum atomic E-state index is -3.10. The summed E-state index contributed by atoms with van der Waals surface area (Å²) in [7, 11) is -1.11. The van der Waals surface area contributed by atoms with E-state index >= 15 is 0 Å². The number of aromatic nitrogens is 1. The Morgan fingerprint density at radius 3 is 2.21 bits per heavy atom. The number of benzene rings is 1. The van der Waals surface area contributed by atoms with Crippen molar-refractivity contribution < 1.29 is 8.42 Å². The van der Waals surface area contributed by atoms with Crippen molar-refractivity contribution in [2.45, 2.75) is 18.0 Å². The number of nitrogens with one attached hydrogen (secondary N) is 1. The van der Waals surface area contributed by atoms with E-state index < -0.39 is 9.84 Å². The van der Waals surface area contributed by atoms with Crippen molar-refractivity contribution in [1.29, 1.82) is 0 Å². The van der Waals surface area contributed by atoms with Crippen LogP contribution in [0.25, 0.3) is 0 Å². The van der Waals surface area contributed by atoms with Crippen molar-refractivity contribution in [3.8, 4) is 0 Å². The monoisotopic (exact) mass is 278 g/mol. The number of sulfone groups is 1. The normalized spacial score (nSPS) is 11.7. The molecule has 0 aliphatic heterocycles. The van der Waals surface area contributed by atoms with Crippen molar-refractivity contribution in [1.82, 2.24) is 9.88 Å². The molecule has 0 radical (unpaired) electrons. The van der Waals surface area contributed by atoms with Crippen LogP contribution in [0.2, 0.25) is 0 Å². The zero-order valence-electron chi connectivity index (χ0n) is 11.1. The molecule has 0 fully saturated rings. The molecule has 0 aliphatic rings. The van der Waals surface area contributed by atoms with E-state index in [1.54, 1.807) is 12.1 Å². The van der Waals surface area contributed by atoms with Crippen LogP contribution < -0.4 is 5.32 Å². The SMILES string of the molecule is Cn1ccc(CNCc2ccc(S(C)(=O)=O)cc2)c1. The van der Waals surface area contributed by atoms with Gasteiger partial charge in [0.1, 0.15) is 0 Å². The minimum Gasteiger partial charge on any atom is -0.357 e. The molecule has 0 atom stereocenters. The molecule has 1 heterocycles. The molecular formula is C14H18N2O2S. The summed E-state index contributed by atoms with van der Waals surface area (Å²) in [4.78, 5) is 0.360. The van der Waals surface area contributed by atoms with Crippen LogP contribution in [0.15, 0.2) is 47.6 Å². The van der Waals surface area contributed by atoms with Crippen molar-refractivity contribution in [2.24, 2.45) is 7.05 Å². The number of rotatable bonds is 5. The van der Waals surface area contributed by atoms with Crippen LogP contribution in [0, 0.1) is 0 Å². The summed E-state index contributed by atoms with van der Waals surface area (Å²) in [6.07, 6.45) is 5.30. The van der Waals surface area contributed by atoms with E-state index in [2.05, 4.69) is 17.6 Å². The standard InChI is InChI=1S/C14H18N2O2S/c1-16-8-7-13(11-16)10-15-9-12-3-5-14(6-4-12)19(2,17)18/h3-8,11,15H,9-10H2,1-2H3. The Morgan fingerprint density at radius 2 is 1.68 bits per heavy atom. The van der Waals surface area contributed by atoms with Gasteiger partial charge in [-0.3, -0.25) is 0 Å². The Morgan fingerprint density at radius 1 is 1.05 bits per heavy atom. The van der Waals surface area contributed by atoms with Crippen molar-refractivity contribution in [3.05, 3.63) is 53.9 Å². The molecule has 0 aliphatic carbocycles. The largest absolute Gasteiger partial charge is 0.357 e. The number of nitrogens with zero attached hydrogens (tertiary/aromatic N) is 1. The van der Waals surface area contributed by atoms with Gasteiger partial charge in [-0.25, -0.2) is 8.42 Å². The Kier molecular flexibility index (Phi) is 4.07. The first kappa shape index (κ1) is 13.8. The lowest BCUT2D eigenvalue weighted by Crippen LogP contribution is -2.12. The highest BCUT2D eigenvalue weighted by atomic mass is 32.2. The van der Waals surface area contributed by atoms with E-state index in [1.807, 2.05) is 29.9 Å². The van der Waals surface area contributed by atoms with Gasteiger partial charge >= 0.3 is 0 Å². The fourth-order valence-corrected chi connectivity index (χ4v) is 2.50. The quantitative estimate of drug-likeness (QED) is 0.906. The van der Waals surface area contributed by atoms with Crippen molar-refractivity contribution >= 4 is 9.84 Å². The van der Waals surface area contributed by atoms with Crippen LogP contribution in [-0.4, -0.2) is 19.2 Å². The summed E-state index contributed by atoms with van der Waals surface area (Å²) in [5.74, 6) is 0. The predicted octanol–water partition coefficient (Wildman–Crippen LogP) is 1.72. The van der Waals surface area contributed by atoms with Crippen LogP contribution in [-0.2, 0) is 30.0 Å². The van der Waals surface area contributed by atoms with E-state index in [1.165, 1.54) is 11.8 Å². The third-order valence-electron chi connectivity index (χ3n) is 2.90. The van der Waals surface area contributed by atoms with Crippen LogP contribution in [0.4, 0.5) is 0 Å². The Labute approximate surface area is 114 Å². The van der Waals surface area contributed by atoms with Gasteiger partial charge in [0, 0.05) is 38.8 Å². The zero-order chi connectivity index (χ0) is 13.9. The van der Waals surface area contributed by atoms with E-state index in [0.29, 0.717) is 4.90 Å². The van der Waals surface area contributed by atoms with Gasteiger partial charge in [0.05, 0.1) is 4.90 Å². The summed E-state index contributed by atoms with van der Waals surface area (Å²) in [6, 6.07) is 9.05. The molecule has 2 aromatic rings. The van der Waals surface area contributed by atoms with E-state index in [4.69, 9.17) is 0 Å². The third kappa shape index (κ3) is 3.94. The first-order valence-corrected chi connectivity index (χ1v) is 7.95. The molecule has 0 amide bonds. The lowest BCUT2D eigenvalue weighted by molar-refractivity contribution is 0.602. The molecule has 5 heteroatoms. The van der Waals surface area contributed by atoms with Gasteiger partial charge in [0.25, 0.3) is 0 Å². The van der Waals surface area contributed by atoms with Crippen LogP contribution >= 0.6 is 0 Å². The maximum absolute atomic E-state index is 11.3. The number of aryl methyl sites for hydroxylation is 1. The summed E-state index contributed by atoms with van der Waals surface area (Å²) < 4.78 is 24.7. The predicted molar refractivity (Wildman–Crippen MR) is 75.5 cm³/mol. The van der Waals surface area contributed by atoms with E-state index in [-0.39, 0.29) is 0 Å². The van der Waals surface area contributed by atoms with Gasteiger partial charge in [0.15, 0.2) is 9.84 Å². The Bertz CT molecular complexity index is 642. The topological polar surface area (TPSA) is 51.1 Å². The van der Waals surface area contributed by atoms with Gasteiger partial charge in [-0.05, 0) is 29.3 Å². The third-order valence-corrected chi connectivity index (χ3v) is 4.03. The molecule has 2 rings (SSSR count). The lowest BCUT2D eigenvalue weighted by Gasteiger charge is -2.05. The summed E-state index contributed by atoms with van der Waals surface area (Å²) in [6.45, 7) is 1.52. The molecule has 4 nitrogen and oxygen atoms in total. The second-order valence-corrected chi connectivity index (χ2v) is 6.72.